The summed E-state index contributed by atoms with van der Waals surface area (Å²) in [4.78, 5) is 13.1. The number of alkyl halides is 3. The fourth-order valence-electron chi connectivity index (χ4n) is 2.26. The van der Waals surface area contributed by atoms with Crippen LogP contribution in [0.3, 0.4) is 0 Å². The molecule has 23 heavy (non-hydrogen) atoms. The van der Waals surface area contributed by atoms with Crippen molar-refractivity contribution in [1.82, 2.24) is 5.32 Å². The van der Waals surface area contributed by atoms with Crippen LogP contribution in [-0.4, -0.2) is 5.91 Å². The van der Waals surface area contributed by atoms with Gasteiger partial charge in [0.25, 0.3) is 0 Å². The molecule has 0 bridgehead atoms. The van der Waals surface area contributed by atoms with Crippen molar-refractivity contribution >= 4 is 17.2 Å². The summed E-state index contributed by atoms with van der Waals surface area (Å²) < 4.78 is 38.1. The van der Waals surface area contributed by atoms with Gasteiger partial charge in [0.1, 0.15) is 0 Å². The minimum Gasteiger partial charge on any atom is -0.350 e. The molecular weight excluding hydrogens is 323 g/mol. The summed E-state index contributed by atoms with van der Waals surface area (Å²) in [5, 5.41) is 4.74. The topological polar surface area (TPSA) is 29.1 Å². The highest BCUT2D eigenvalue weighted by Gasteiger charge is 2.30. The number of hydrogen-bond donors (Lipinski definition) is 1. The number of amides is 1. The van der Waals surface area contributed by atoms with Gasteiger partial charge in [-0.15, -0.1) is 11.3 Å². The van der Waals surface area contributed by atoms with Crippen LogP contribution in [0.1, 0.15) is 41.8 Å². The number of thiophene rings is 1. The molecule has 0 fully saturated rings. The van der Waals surface area contributed by atoms with Crippen molar-refractivity contribution in [3.8, 4) is 0 Å². The quantitative estimate of drug-likeness (QED) is 0.790. The predicted octanol–water partition coefficient (Wildman–Crippen LogP) is 4.97. The zero-order valence-corrected chi connectivity index (χ0v) is 13.5. The number of hydrogen-bond acceptors (Lipinski definition) is 2. The maximum absolute atomic E-state index is 12.7. The molecule has 1 amide bonds. The van der Waals surface area contributed by atoms with E-state index in [0.29, 0.717) is 12.0 Å². The molecule has 1 aromatic carbocycles. The van der Waals surface area contributed by atoms with E-state index in [1.54, 1.807) is 24.3 Å². The van der Waals surface area contributed by atoms with Crippen LogP contribution >= 0.6 is 11.3 Å². The van der Waals surface area contributed by atoms with Crippen LogP contribution in [0.2, 0.25) is 0 Å². The summed E-state index contributed by atoms with van der Waals surface area (Å²) in [6.45, 7) is 1.69. The van der Waals surface area contributed by atoms with E-state index in [4.69, 9.17) is 0 Å². The molecule has 1 aromatic heterocycles. The number of aryl methyl sites for hydroxylation is 1. The van der Waals surface area contributed by atoms with Crippen LogP contribution in [-0.2, 0) is 17.4 Å². The van der Waals surface area contributed by atoms with Gasteiger partial charge in [0.15, 0.2) is 0 Å². The number of benzene rings is 1. The van der Waals surface area contributed by atoms with E-state index in [1.807, 2.05) is 17.5 Å². The summed E-state index contributed by atoms with van der Waals surface area (Å²) >= 11 is 1.65. The maximum atomic E-state index is 12.7. The van der Waals surface area contributed by atoms with Crippen molar-refractivity contribution in [1.29, 1.82) is 0 Å². The molecule has 1 N–H and O–H groups in total. The van der Waals surface area contributed by atoms with Gasteiger partial charge < -0.3 is 5.32 Å². The van der Waals surface area contributed by atoms with Crippen molar-refractivity contribution in [2.45, 2.75) is 38.4 Å². The number of halogens is 3. The Bertz CT molecular complexity index is 638. The molecule has 0 aliphatic carbocycles. The third kappa shape index (κ3) is 5.39. The van der Waals surface area contributed by atoms with Crippen LogP contribution in [0.15, 0.2) is 41.8 Å². The maximum Gasteiger partial charge on any atom is 0.416 e. The summed E-state index contributed by atoms with van der Waals surface area (Å²) in [6, 6.07) is 8.59. The molecule has 2 rings (SSSR count). The molecule has 0 saturated carbocycles. The molecule has 0 aliphatic heterocycles. The number of carbonyl (C=O) groups excluding carboxylic acids is 1. The van der Waals surface area contributed by atoms with Crippen molar-refractivity contribution in [3.05, 3.63) is 57.8 Å². The Morgan fingerprint density at radius 1 is 1.26 bits per heavy atom. The second kappa shape index (κ2) is 7.64. The molecule has 0 saturated heterocycles. The largest absolute Gasteiger partial charge is 0.416 e. The fraction of sp³-hybridized carbons (Fsp3) is 0.353. The highest BCUT2D eigenvalue weighted by molar-refractivity contribution is 7.09. The highest BCUT2D eigenvalue weighted by Crippen LogP contribution is 2.30. The Morgan fingerprint density at radius 3 is 2.70 bits per heavy atom. The first-order valence-corrected chi connectivity index (χ1v) is 8.23. The Balaban J connectivity index is 1.86. The van der Waals surface area contributed by atoms with E-state index in [0.717, 1.165) is 25.0 Å². The number of carbonyl (C=O) groups is 1. The first kappa shape index (κ1) is 17.5. The molecule has 0 spiro atoms. The lowest BCUT2D eigenvalue weighted by Gasteiger charge is -2.16. The minimum absolute atomic E-state index is 0.147. The molecular formula is C17H18F3NOS. The van der Waals surface area contributed by atoms with Crippen LogP contribution in [0, 0.1) is 0 Å². The molecule has 124 valence electrons. The van der Waals surface area contributed by atoms with E-state index < -0.39 is 17.8 Å². The van der Waals surface area contributed by atoms with Crippen LogP contribution in [0.4, 0.5) is 13.2 Å². The van der Waals surface area contributed by atoms with Crippen LogP contribution in [0.25, 0.3) is 0 Å². The van der Waals surface area contributed by atoms with E-state index in [-0.39, 0.29) is 5.91 Å². The van der Waals surface area contributed by atoms with Gasteiger partial charge in [-0.3, -0.25) is 4.79 Å². The number of rotatable bonds is 6. The molecule has 2 aromatic rings. The molecule has 0 radical (unpaired) electrons. The zero-order chi connectivity index (χ0) is 16.9. The molecule has 2 nitrogen and oxygen atoms in total. The summed E-state index contributed by atoms with van der Waals surface area (Å²) in [5.74, 6) is -0.147. The number of nitrogens with one attached hydrogen (secondary N) is 1. The molecule has 1 unspecified atom stereocenters. The SMILES string of the molecule is CC(NC(=O)CCCc1cccs1)c1cccc(C(F)(F)F)c1. The Morgan fingerprint density at radius 2 is 2.04 bits per heavy atom. The van der Waals surface area contributed by atoms with Crippen LogP contribution < -0.4 is 5.32 Å². The lowest BCUT2D eigenvalue weighted by Crippen LogP contribution is -2.26. The van der Waals surface area contributed by atoms with E-state index in [1.165, 1.54) is 10.9 Å². The van der Waals surface area contributed by atoms with Gasteiger partial charge >= 0.3 is 6.18 Å². The summed E-state index contributed by atoms with van der Waals surface area (Å²) in [5.41, 5.74) is -0.250. The predicted molar refractivity (Wildman–Crippen MR) is 85.3 cm³/mol. The van der Waals surface area contributed by atoms with Crippen molar-refractivity contribution < 1.29 is 18.0 Å². The molecule has 1 atom stereocenters. The van der Waals surface area contributed by atoms with Gasteiger partial charge in [0, 0.05) is 11.3 Å². The van der Waals surface area contributed by atoms with Crippen molar-refractivity contribution in [3.63, 3.8) is 0 Å². The molecule has 1 heterocycles. The van der Waals surface area contributed by atoms with Gasteiger partial charge in [-0.05, 0) is 48.9 Å². The lowest BCUT2D eigenvalue weighted by atomic mass is 10.0. The van der Waals surface area contributed by atoms with Gasteiger partial charge in [-0.2, -0.15) is 13.2 Å². The second-order valence-electron chi connectivity index (χ2n) is 5.35. The van der Waals surface area contributed by atoms with E-state index >= 15 is 0 Å². The Hall–Kier alpha value is -1.82. The van der Waals surface area contributed by atoms with Gasteiger partial charge in [-0.25, -0.2) is 0 Å². The first-order valence-electron chi connectivity index (χ1n) is 7.35. The average molecular weight is 341 g/mol. The monoisotopic (exact) mass is 341 g/mol. The summed E-state index contributed by atoms with van der Waals surface area (Å²) in [7, 11) is 0. The lowest BCUT2D eigenvalue weighted by molar-refractivity contribution is -0.137. The third-order valence-electron chi connectivity index (χ3n) is 3.50. The van der Waals surface area contributed by atoms with Gasteiger partial charge in [-0.1, -0.05) is 18.2 Å². The third-order valence-corrected chi connectivity index (χ3v) is 4.43. The Labute approximate surface area is 137 Å². The van der Waals surface area contributed by atoms with Crippen molar-refractivity contribution in [2.24, 2.45) is 0 Å². The average Bonchev–Trinajstić information content (AvgIpc) is 2.99. The standard InChI is InChI=1S/C17H18F3NOS/c1-12(13-5-2-6-14(11-13)17(18,19)20)21-16(22)9-3-7-15-8-4-10-23-15/h2,4-6,8,10-12H,3,7,9H2,1H3,(H,21,22). The highest BCUT2D eigenvalue weighted by atomic mass is 32.1. The van der Waals surface area contributed by atoms with E-state index in [2.05, 4.69) is 5.32 Å². The van der Waals surface area contributed by atoms with Crippen molar-refractivity contribution in [2.75, 3.05) is 0 Å². The zero-order valence-electron chi connectivity index (χ0n) is 12.7. The van der Waals surface area contributed by atoms with Gasteiger partial charge in [0.2, 0.25) is 5.91 Å². The van der Waals surface area contributed by atoms with Gasteiger partial charge in [0.05, 0.1) is 11.6 Å². The summed E-state index contributed by atoms with van der Waals surface area (Å²) in [6.07, 6.45) is -2.45. The minimum atomic E-state index is -4.37. The Kier molecular flexibility index (Phi) is 5.82. The normalized spacial score (nSPS) is 12.9. The first-order chi connectivity index (χ1) is 10.9. The smallest absolute Gasteiger partial charge is 0.350 e. The van der Waals surface area contributed by atoms with Crippen LogP contribution in [0.5, 0.6) is 0 Å². The second-order valence-corrected chi connectivity index (χ2v) is 6.38. The fourth-order valence-corrected chi connectivity index (χ4v) is 3.01. The molecule has 6 heteroatoms. The molecule has 0 aliphatic rings. The van der Waals surface area contributed by atoms with E-state index in [9.17, 15) is 18.0 Å².